The SMILES string of the molecule is [C-]#[N+]c1ccc(-c2cccc(-n3c4ccccc4c4ccccc43)c2)c(-c2ccccc2-n2c3ccccc3c3cccc(C#N)c32)c1. The first kappa shape index (κ1) is 27.4. The monoisotopic (exact) mass is 610 g/mol. The van der Waals surface area contributed by atoms with E-state index in [4.69, 9.17) is 6.57 Å². The molecular formula is C44H26N4. The molecule has 222 valence electrons. The number of nitrogens with zero attached hydrogens (tertiary/aromatic N) is 4. The van der Waals surface area contributed by atoms with Gasteiger partial charge in [-0.3, -0.25) is 0 Å². The molecule has 0 amide bonds. The second-order valence-corrected chi connectivity index (χ2v) is 11.9. The number of hydrogen-bond donors (Lipinski definition) is 0. The van der Waals surface area contributed by atoms with Crippen molar-refractivity contribution in [2.45, 2.75) is 0 Å². The Hall–Kier alpha value is -6.88. The molecule has 4 heteroatoms. The van der Waals surface area contributed by atoms with Crippen LogP contribution in [0.4, 0.5) is 5.69 Å². The molecule has 2 aromatic heterocycles. The smallest absolute Gasteiger partial charge is 0.187 e. The fourth-order valence-corrected chi connectivity index (χ4v) is 7.35. The van der Waals surface area contributed by atoms with Crippen LogP contribution in [0.15, 0.2) is 158 Å². The maximum atomic E-state index is 10.2. The van der Waals surface area contributed by atoms with Crippen molar-refractivity contribution in [2.24, 2.45) is 0 Å². The summed E-state index contributed by atoms with van der Waals surface area (Å²) >= 11 is 0. The normalized spacial score (nSPS) is 11.3. The molecule has 0 saturated heterocycles. The summed E-state index contributed by atoms with van der Waals surface area (Å²) in [6, 6.07) is 56.7. The van der Waals surface area contributed by atoms with Crippen LogP contribution < -0.4 is 0 Å². The zero-order valence-electron chi connectivity index (χ0n) is 25.8. The summed E-state index contributed by atoms with van der Waals surface area (Å²) in [6.45, 7) is 7.90. The number of para-hydroxylation sites is 5. The molecule has 4 nitrogen and oxygen atoms in total. The maximum Gasteiger partial charge on any atom is 0.187 e. The predicted octanol–water partition coefficient (Wildman–Crippen LogP) is 11.6. The lowest BCUT2D eigenvalue weighted by atomic mass is 9.92. The Bertz CT molecular complexity index is 2760. The summed E-state index contributed by atoms with van der Waals surface area (Å²) in [5.41, 5.74) is 11.4. The summed E-state index contributed by atoms with van der Waals surface area (Å²) in [4.78, 5) is 3.83. The van der Waals surface area contributed by atoms with Gasteiger partial charge in [0.15, 0.2) is 5.69 Å². The lowest BCUT2D eigenvalue weighted by Gasteiger charge is -2.18. The van der Waals surface area contributed by atoms with Gasteiger partial charge in [0, 0.05) is 32.8 Å². The summed E-state index contributed by atoms with van der Waals surface area (Å²) < 4.78 is 4.54. The minimum absolute atomic E-state index is 0.571. The van der Waals surface area contributed by atoms with E-state index in [0.29, 0.717) is 11.3 Å². The van der Waals surface area contributed by atoms with Gasteiger partial charge in [-0.2, -0.15) is 5.26 Å². The first-order valence-electron chi connectivity index (χ1n) is 15.9. The third-order valence-electron chi connectivity index (χ3n) is 9.38. The van der Waals surface area contributed by atoms with Crippen LogP contribution in [0.25, 0.3) is 82.1 Å². The van der Waals surface area contributed by atoms with Crippen LogP contribution in [-0.4, -0.2) is 9.13 Å². The minimum Gasteiger partial charge on any atom is -0.309 e. The largest absolute Gasteiger partial charge is 0.309 e. The van der Waals surface area contributed by atoms with E-state index in [1.54, 1.807) is 0 Å². The molecule has 9 aromatic rings. The molecule has 0 aliphatic heterocycles. The van der Waals surface area contributed by atoms with Crippen LogP contribution in [0.1, 0.15) is 5.56 Å². The molecule has 0 atom stereocenters. The van der Waals surface area contributed by atoms with E-state index in [-0.39, 0.29) is 0 Å². The van der Waals surface area contributed by atoms with Gasteiger partial charge in [0.2, 0.25) is 0 Å². The van der Waals surface area contributed by atoms with Gasteiger partial charge in [0.25, 0.3) is 0 Å². The Balaban J connectivity index is 1.31. The highest BCUT2D eigenvalue weighted by atomic mass is 15.0. The Kier molecular flexibility index (Phi) is 6.22. The highest BCUT2D eigenvalue weighted by Gasteiger charge is 2.20. The molecule has 0 aliphatic rings. The number of aromatic nitrogens is 2. The highest BCUT2D eigenvalue weighted by Crippen LogP contribution is 2.42. The Morgan fingerprint density at radius 1 is 0.500 bits per heavy atom. The van der Waals surface area contributed by atoms with Gasteiger partial charge in [0.05, 0.1) is 39.9 Å². The van der Waals surface area contributed by atoms with Gasteiger partial charge in [-0.15, -0.1) is 0 Å². The van der Waals surface area contributed by atoms with E-state index >= 15 is 0 Å². The quantitative estimate of drug-likeness (QED) is 0.183. The van der Waals surface area contributed by atoms with Crippen molar-refractivity contribution in [3.63, 3.8) is 0 Å². The molecule has 2 heterocycles. The van der Waals surface area contributed by atoms with Gasteiger partial charge in [0.1, 0.15) is 6.07 Å². The number of rotatable bonds is 4. The second kappa shape index (κ2) is 10.9. The zero-order valence-corrected chi connectivity index (χ0v) is 25.8. The Morgan fingerprint density at radius 3 is 1.81 bits per heavy atom. The van der Waals surface area contributed by atoms with Crippen LogP contribution in [0.2, 0.25) is 0 Å². The topological polar surface area (TPSA) is 38.0 Å². The summed E-state index contributed by atoms with van der Waals surface area (Å²) in [5, 5.41) is 14.8. The van der Waals surface area contributed by atoms with Crippen molar-refractivity contribution in [2.75, 3.05) is 0 Å². The van der Waals surface area contributed by atoms with E-state index in [1.165, 1.54) is 10.8 Å². The highest BCUT2D eigenvalue weighted by molar-refractivity contribution is 6.12. The summed E-state index contributed by atoms with van der Waals surface area (Å²) in [7, 11) is 0. The number of benzene rings is 7. The molecule has 0 saturated carbocycles. The molecule has 0 fully saturated rings. The van der Waals surface area contributed by atoms with Crippen molar-refractivity contribution < 1.29 is 0 Å². The molecular weight excluding hydrogens is 585 g/mol. The van der Waals surface area contributed by atoms with Gasteiger partial charge in [-0.25, -0.2) is 4.85 Å². The maximum absolute atomic E-state index is 10.2. The van der Waals surface area contributed by atoms with Gasteiger partial charge >= 0.3 is 0 Å². The number of fused-ring (bicyclic) bond motifs is 6. The van der Waals surface area contributed by atoms with Gasteiger partial charge in [-0.05, 0) is 65.2 Å². The van der Waals surface area contributed by atoms with Crippen LogP contribution >= 0.6 is 0 Å². The van der Waals surface area contributed by atoms with Gasteiger partial charge < -0.3 is 9.13 Å². The lowest BCUT2D eigenvalue weighted by Crippen LogP contribution is -1.99. The molecule has 0 unspecified atom stereocenters. The molecule has 9 rings (SSSR count). The van der Waals surface area contributed by atoms with Crippen LogP contribution in [0.5, 0.6) is 0 Å². The van der Waals surface area contributed by atoms with Gasteiger partial charge in [-0.1, -0.05) is 109 Å². The summed E-state index contributed by atoms with van der Waals surface area (Å²) in [5.74, 6) is 0. The fourth-order valence-electron chi connectivity index (χ4n) is 7.35. The first-order chi connectivity index (χ1) is 23.7. The molecule has 0 aliphatic carbocycles. The molecule has 0 bridgehead atoms. The predicted molar refractivity (Wildman–Crippen MR) is 197 cm³/mol. The first-order valence-corrected chi connectivity index (χ1v) is 15.9. The van der Waals surface area contributed by atoms with Crippen molar-refractivity contribution in [3.8, 4) is 39.7 Å². The van der Waals surface area contributed by atoms with Crippen LogP contribution in [0, 0.1) is 17.9 Å². The van der Waals surface area contributed by atoms with E-state index in [1.807, 2.05) is 48.5 Å². The molecule has 7 aromatic carbocycles. The van der Waals surface area contributed by atoms with E-state index in [0.717, 1.165) is 66.5 Å². The molecule has 0 radical (unpaired) electrons. The minimum atomic E-state index is 0.571. The number of hydrogen-bond acceptors (Lipinski definition) is 1. The standard InChI is InChI=1S/C44H26N4/c1-46-31-24-25-33(29-12-10-14-32(26-29)47-40-20-6-2-15-34(40)35-16-3-7-21-41(35)47)39(27-31)37-18-5-9-23-43(37)48-42-22-8-4-17-36(42)38-19-11-13-30(28-45)44(38)48/h2-27H. The van der Waals surface area contributed by atoms with E-state index in [9.17, 15) is 5.26 Å². The van der Waals surface area contributed by atoms with Crippen molar-refractivity contribution in [3.05, 3.63) is 175 Å². The molecule has 0 spiro atoms. The Morgan fingerprint density at radius 2 is 1.10 bits per heavy atom. The van der Waals surface area contributed by atoms with E-state index in [2.05, 4.69) is 129 Å². The lowest BCUT2D eigenvalue weighted by molar-refractivity contribution is 1.18. The van der Waals surface area contributed by atoms with E-state index < -0.39 is 0 Å². The third kappa shape index (κ3) is 4.07. The van der Waals surface area contributed by atoms with Crippen molar-refractivity contribution >= 4 is 49.3 Å². The Labute approximate surface area is 277 Å². The molecule has 0 N–H and O–H groups in total. The summed E-state index contributed by atoms with van der Waals surface area (Å²) in [6.07, 6.45) is 0. The average Bonchev–Trinajstić information content (AvgIpc) is 3.68. The third-order valence-corrected chi connectivity index (χ3v) is 9.38. The van der Waals surface area contributed by atoms with Crippen molar-refractivity contribution in [1.29, 1.82) is 5.26 Å². The van der Waals surface area contributed by atoms with Crippen LogP contribution in [0.3, 0.4) is 0 Å². The second-order valence-electron chi connectivity index (χ2n) is 11.9. The zero-order chi connectivity index (χ0) is 32.2. The van der Waals surface area contributed by atoms with Crippen molar-refractivity contribution in [1.82, 2.24) is 9.13 Å². The van der Waals surface area contributed by atoms with Crippen LogP contribution in [-0.2, 0) is 0 Å². The average molecular weight is 611 g/mol. The number of nitriles is 1. The molecule has 48 heavy (non-hydrogen) atoms. The fraction of sp³-hybridized carbons (Fsp3) is 0.